The predicted octanol–water partition coefficient (Wildman–Crippen LogP) is 3.15. The summed E-state index contributed by atoms with van der Waals surface area (Å²) in [5, 5.41) is 14.5. The number of hydrogen-bond acceptors (Lipinski definition) is 4. The molecule has 6 nitrogen and oxygen atoms in total. The van der Waals surface area contributed by atoms with Gasteiger partial charge in [0.25, 0.3) is 5.91 Å². The average Bonchev–Trinajstić information content (AvgIpc) is 3.20. The van der Waals surface area contributed by atoms with Crippen molar-refractivity contribution in [3.05, 3.63) is 71.8 Å². The summed E-state index contributed by atoms with van der Waals surface area (Å²) in [6, 6.07) is 18.2. The molecule has 4 rings (SSSR count). The minimum Gasteiger partial charge on any atom is -0.444 e. The molecule has 2 atom stereocenters. The number of aliphatic hydroxyl groups is 1. The Hall–Kier alpha value is -2.86. The van der Waals surface area contributed by atoms with Gasteiger partial charge in [-0.1, -0.05) is 60.7 Å². The number of nitrogens with zero attached hydrogens (tertiary/aromatic N) is 1. The number of benzene rings is 2. The van der Waals surface area contributed by atoms with Gasteiger partial charge in [0.1, 0.15) is 5.60 Å². The summed E-state index contributed by atoms with van der Waals surface area (Å²) in [5.41, 5.74) is -1.11. The molecule has 2 aromatic rings. The fraction of sp³-hybridized carbons (Fsp3) is 0.440. The Balaban J connectivity index is 1.42. The second-order valence-electron chi connectivity index (χ2n) is 9.53. The molecule has 2 amide bonds. The van der Waals surface area contributed by atoms with E-state index in [0.29, 0.717) is 48.5 Å². The topological polar surface area (TPSA) is 78.9 Å². The first-order chi connectivity index (χ1) is 14.7. The maximum absolute atomic E-state index is 13.5. The van der Waals surface area contributed by atoms with Gasteiger partial charge in [0.15, 0.2) is 5.60 Å². The van der Waals surface area contributed by atoms with Gasteiger partial charge in [0, 0.05) is 19.6 Å². The molecule has 1 heterocycles. The van der Waals surface area contributed by atoms with Crippen LogP contribution in [0.15, 0.2) is 60.7 Å². The van der Waals surface area contributed by atoms with Gasteiger partial charge in [-0.3, -0.25) is 4.79 Å². The van der Waals surface area contributed by atoms with Crippen LogP contribution < -0.4 is 5.32 Å². The maximum atomic E-state index is 13.5. The molecule has 164 valence electrons. The molecule has 0 bridgehead atoms. The van der Waals surface area contributed by atoms with Crippen LogP contribution in [0.4, 0.5) is 4.79 Å². The number of ether oxygens (including phenoxy) is 1. The fourth-order valence-corrected chi connectivity index (χ4v) is 4.63. The van der Waals surface area contributed by atoms with Gasteiger partial charge >= 0.3 is 6.09 Å². The number of nitrogens with one attached hydrogen (secondary N) is 1. The highest BCUT2D eigenvalue weighted by molar-refractivity contribution is 5.90. The van der Waals surface area contributed by atoms with Crippen molar-refractivity contribution in [2.45, 2.75) is 32.0 Å². The van der Waals surface area contributed by atoms with Crippen LogP contribution in [0.2, 0.25) is 0 Å². The summed E-state index contributed by atoms with van der Waals surface area (Å²) in [6.45, 7) is 7.24. The first-order valence-corrected chi connectivity index (χ1v) is 10.8. The highest BCUT2D eigenvalue weighted by Crippen LogP contribution is 2.52. The number of carbonyl (C=O) groups is 2. The minimum absolute atomic E-state index is 0.295. The lowest BCUT2D eigenvalue weighted by Gasteiger charge is -2.33. The third-order valence-electron chi connectivity index (χ3n) is 6.23. The van der Waals surface area contributed by atoms with Gasteiger partial charge in [-0.2, -0.15) is 0 Å². The molecular formula is C25H30N2O4. The van der Waals surface area contributed by atoms with E-state index in [1.165, 1.54) is 0 Å². The van der Waals surface area contributed by atoms with Crippen molar-refractivity contribution < 1.29 is 19.4 Å². The van der Waals surface area contributed by atoms with Crippen molar-refractivity contribution >= 4 is 12.0 Å². The molecule has 1 aliphatic carbocycles. The van der Waals surface area contributed by atoms with E-state index in [0.717, 1.165) is 0 Å². The number of amides is 2. The van der Waals surface area contributed by atoms with Crippen molar-refractivity contribution in [2.75, 3.05) is 19.6 Å². The summed E-state index contributed by atoms with van der Waals surface area (Å²) in [6.07, 6.45) is -0.409. The van der Waals surface area contributed by atoms with Crippen molar-refractivity contribution in [3.63, 3.8) is 0 Å². The summed E-state index contributed by atoms with van der Waals surface area (Å²) in [7, 11) is 0. The Labute approximate surface area is 183 Å². The molecule has 0 radical (unpaired) electrons. The van der Waals surface area contributed by atoms with E-state index in [1.807, 2.05) is 57.2 Å². The highest BCUT2D eigenvalue weighted by Gasteiger charge is 2.58. The standard InChI is InChI=1S/C25H30N2O4/c1-24(2,3)31-23(29)26-14-19-20-15-27(16-21(19)20)22(28)25(30,17-10-6-4-7-11-17)18-12-8-5-9-13-18/h4-13,19-21,30H,14-16H2,1-3H3,(H,26,29). The Morgan fingerprint density at radius 3 is 1.90 bits per heavy atom. The van der Waals surface area contributed by atoms with Crippen molar-refractivity contribution in [1.29, 1.82) is 0 Å². The molecule has 0 aromatic heterocycles. The Morgan fingerprint density at radius 1 is 0.968 bits per heavy atom. The third-order valence-corrected chi connectivity index (χ3v) is 6.23. The lowest BCUT2D eigenvalue weighted by molar-refractivity contribution is -0.147. The van der Waals surface area contributed by atoms with Crippen molar-refractivity contribution in [1.82, 2.24) is 10.2 Å². The smallest absolute Gasteiger partial charge is 0.407 e. The van der Waals surface area contributed by atoms with E-state index < -0.39 is 17.3 Å². The number of fused-ring (bicyclic) bond motifs is 1. The van der Waals surface area contributed by atoms with Gasteiger partial charge in [-0.05, 0) is 49.7 Å². The molecule has 31 heavy (non-hydrogen) atoms. The Kier molecular flexibility index (Phi) is 5.52. The fourth-order valence-electron chi connectivity index (χ4n) is 4.63. The number of alkyl carbamates (subject to hydrolysis) is 1. The second kappa shape index (κ2) is 8.00. The zero-order chi connectivity index (χ0) is 22.2. The number of hydrogen-bond donors (Lipinski definition) is 2. The van der Waals surface area contributed by atoms with E-state index in [4.69, 9.17) is 4.74 Å². The number of likely N-dealkylation sites (tertiary alicyclic amines) is 1. The zero-order valence-electron chi connectivity index (χ0n) is 18.2. The van der Waals surface area contributed by atoms with Gasteiger partial charge in [-0.25, -0.2) is 4.79 Å². The van der Waals surface area contributed by atoms with Gasteiger partial charge in [0.05, 0.1) is 0 Å². The molecule has 1 aliphatic heterocycles. The average molecular weight is 423 g/mol. The Morgan fingerprint density at radius 2 is 1.45 bits per heavy atom. The van der Waals surface area contributed by atoms with E-state index in [9.17, 15) is 14.7 Å². The molecule has 2 fully saturated rings. The van der Waals surface area contributed by atoms with E-state index in [2.05, 4.69) is 5.32 Å². The van der Waals surface area contributed by atoms with Gasteiger partial charge < -0.3 is 20.1 Å². The molecule has 2 aliphatic rings. The van der Waals surface area contributed by atoms with Crippen LogP contribution in [0.3, 0.4) is 0 Å². The highest BCUT2D eigenvalue weighted by atomic mass is 16.6. The van der Waals surface area contributed by atoms with Crippen LogP contribution in [0.1, 0.15) is 31.9 Å². The number of rotatable bonds is 5. The lowest BCUT2D eigenvalue weighted by atomic mass is 9.85. The monoisotopic (exact) mass is 422 g/mol. The molecule has 1 saturated carbocycles. The molecule has 2 N–H and O–H groups in total. The zero-order valence-corrected chi connectivity index (χ0v) is 18.2. The number of carbonyl (C=O) groups excluding carboxylic acids is 2. The van der Waals surface area contributed by atoms with Crippen molar-refractivity contribution in [2.24, 2.45) is 17.8 Å². The van der Waals surface area contributed by atoms with Crippen LogP contribution in [0, 0.1) is 17.8 Å². The van der Waals surface area contributed by atoms with Crippen LogP contribution in [-0.2, 0) is 15.1 Å². The van der Waals surface area contributed by atoms with E-state index in [-0.39, 0.29) is 5.91 Å². The first kappa shape index (κ1) is 21.4. The van der Waals surface area contributed by atoms with Gasteiger partial charge in [0.2, 0.25) is 0 Å². The predicted molar refractivity (Wildman–Crippen MR) is 117 cm³/mol. The summed E-state index contributed by atoms with van der Waals surface area (Å²) < 4.78 is 5.29. The van der Waals surface area contributed by atoms with Crippen LogP contribution in [-0.4, -0.2) is 47.2 Å². The van der Waals surface area contributed by atoms with E-state index in [1.54, 1.807) is 29.2 Å². The number of piperidine rings is 1. The summed E-state index contributed by atoms with van der Waals surface area (Å²) >= 11 is 0. The van der Waals surface area contributed by atoms with Crippen molar-refractivity contribution in [3.8, 4) is 0 Å². The largest absolute Gasteiger partial charge is 0.444 e. The lowest BCUT2D eigenvalue weighted by Crippen LogP contribution is -2.48. The molecule has 0 spiro atoms. The Bertz CT molecular complexity index is 887. The molecule has 2 unspecified atom stereocenters. The molecule has 2 aromatic carbocycles. The van der Waals surface area contributed by atoms with Crippen LogP contribution >= 0.6 is 0 Å². The SMILES string of the molecule is CC(C)(C)OC(=O)NCC1C2CN(C(=O)C(O)(c3ccccc3)c3ccccc3)CC12. The normalized spacial score (nSPS) is 22.6. The molecule has 6 heteroatoms. The van der Waals surface area contributed by atoms with Crippen LogP contribution in [0.5, 0.6) is 0 Å². The summed E-state index contributed by atoms with van der Waals surface area (Å²) in [5.74, 6) is 0.735. The maximum Gasteiger partial charge on any atom is 0.407 e. The second-order valence-corrected chi connectivity index (χ2v) is 9.53. The minimum atomic E-state index is -1.72. The molecular weight excluding hydrogens is 392 g/mol. The third kappa shape index (κ3) is 4.30. The quantitative estimate of drug-likeness (QED) is 0.776. The van der Waals surface area contributed by atoms with Crippen LogP contribution in [0.25, 0.3) is 0 Å². The molecule has 1 saturated heterocycles. The van der Waals surface area contributed by atoms with E-state index >= 15 is 0 Å². The van der Waals surface area contributed by atoms with Gasteiger partial charge in [-0.15, -0.1) is 0 Å². The summed E-state index contributed by atoms with van der Waals surface area (Å²) in [4.78, 5) is 27.2. The first-order valence-electron chi connectivity index (χ1n) is 10.8.